The summed E-state index contributed by atoms with van der Waals surface area (Å²) in [7, 11) is 0. The summed E-state index contributed by atoms with van der Waals surface area (Å²) in [6.07, 6.45) is 0.243. The molecule has 3 aromatic rings. The molecule has 0 unspecified atom stereocenters. The second-order valence-electron chi connectivity index (χ2n) is 7.11. The van der Waals surface area contributed by atoms with Gasteiger partial charge in [-0.25, -0.2) is 4.98 Å². The van der Waals surface area contributed by atoms with Crippen LogP contribution in [0.2, 0.25) is 0 Å². The van der Waals surface area contributed by atoms with Gasteiger partial charge in [0.2, 0.25) is 0 Å². The highest BCUT2D eigenvalue weighted by molar-refractivity contribution is 7.13. The van der Waals surface area contributed by atoms with Crippen LogP contribution in [-0.4, -0.2) is 24.0 Å². The Hall–Kier alpha value is -3.17. The van der Waals surface area contributed by atoms with Crippen molar-refractivity contribution in [3.8, 4) is 22.4 Å². The van der Waals surface area contributed by atoms with Gasteiger partial charge in [0.05, 0.1) is 19.1 Å². The third-order valence-electron chi connectivity index (χ3n) is 4.70. The number of benzene rings is 2. The number of ether oxygens (including phenoxy) is 1. The van der Waals surface area contributed by atoms with Gasteiger partial charge in [0.1, 0.15) is 16.5 Å². The molecular formula is C24H25N3O2S. The number of nitrogens with zero attached hydrogens (tertiary/aromatic N) is 3. The predicted octanol–water partition coefficient (Wildman–Crippen LogP) is 5.89. The average molecular weight is 420 g/mol. The molecule has 3 rings (SSSR count). The van der Waals surface area contributed by atoms with Crippen LogP contribution in [0.4, 0.5) is 5.69 Å². The standard InChI is InChI=1S/C24H25N3O2S/c1-4-29-21-12-10-20(11-13-21)27(15-5-14-25)24(28)22-16-30-23(26-22)19-8-6-18(7-9-19)17(2)3/h6-13,16-17H,4-5,15H2,1-3H3. The van der Waals surface area contributed by atoms with Crippen molar-refractivity contribution in [2.75, 3.05) is 18.1 Å². The molecule has 0 bridgehead atoms. The summed E-state index contributed by atoms with van der Waals surface area (Å²) in [4.78, 5) is 19.4. The zero-order chi connectivity index (χ0) is 21.5. The highest BCUT2D eigenvalue weighted by Gasteiger charge is 2.21. The quantitative estimate of drug-likeness (QED) is 0.456. The Balaban J connectivity index is 1.83. The Morgan fingerprint density at radius 1 is 1.17 bits per heavy atom. The number of nitriles is 1. The SMILES string of the molecule is CCOc1ccc(N(CCC#N)C(=O)c2csc(-c3ccc(C(C)C)cc3)n2)cc1. The summed E-state index contributed by atoms with van der Waals surface area (Å²) in [6, 6.07) is 17.7. The maximum absolute atomic E-state index is 13.2. The number of aromatic nitrogens is 1. The zero-order valence-corrected chi connectivity index (χ0v) is 18.3. The van der Waals surface area contributed by atoms with Crippen molar-refractivity contribution in [3.63, 3.8) is 0 Å². The molecule has 5 nitrogen and oxygen atoms in total. The van der Waals surface area contributed by atoms with Crippen molar-refractivity contribution in [1.82, 2.24) is 4.98 Å². The molecule has 1 heterocycles. The molecule has 0 atom stereocenters. The summed E-state index contributed by atoms with van der Waals surface area (Å²) in [5, 5.41) is 11.6. The lowest BCUT2D eigenvalue weighted by molar-refractivity contribution is 0.0983. The van der Waals surface area contributed by atoms with Crippen LogP contribution in [0.15, 0.2) is 53.9 Å². The number of anilines is 1. The molecule has 1 aromatic heterocycles. The number of carbonyl (C=O) groups excluding carboxylic acids is 1. The number of thiazole rings is 1. The first kappa shape index (κ1) is 21.5. The Morgan fingerprint density at radius 2 is 1.87 bits per heavy atom. The summed E-state index contributed by atoms with van der Waals surface area (Å²) >= 11 is 1.45. The molecule has 154 valence electrons. The largest absolute Gasteiger partial charge is 0.494 e. The van der Waals surface area contributed by atoms with E-state index < -0.39 is 0 Å². The van der Waals surface area contributed by atoms with Crippen LogP contribution in [0.5, 0.6) is 5.75 Å². The van der Waals surface area contributed by atoms with E-state index in [2.05, 4.69) is 37.0 Å². The lowest BCUT2D eigenvalue weighted by Gasteiger charge is -2.21. The molecule has 0 saturated heterocycles. The van der Waals surface area contributed by atoms with E-state index in [1.807, 2.05) is 43.3 Å². The van der Waals surface area contributed by atoms with Gasteiger partial charge in [-0.3, -0.25) is 4.79 Å². The minimum atomic E-state index is -0.212. The minimum absolute atomic E-state index is 0.212. The summed E-state index contributed by atoms with van der Waals surface area (Å²) in [6.45, 7) is 7.13. The zero-order valence-electron chi connectivity index (χ0n) is 17.5. The summed E-state index contributed by atoms with van der Waals surface area (Å²) in [5.41, 5.74) is 3.36. The van der Waals surface area contributed by atoms with Gasteiger partial charge in [-0.15, -0.1) is 11.3 Å². The van der Waals surface area contributed by atoms with Crippen LogP contribution < -0.4 is 9.64 Å². The van der Waals surface area contributed by atoms with Gasteiger partial charge in [-0.05, 0) is 42.7 Å². The predicted molar refractivity (Wildman–Crippen MR) is 121 cm³/mol. The number of hydrogen-bond acceptors (Lipinski definition) is 5. The third kappa shape index (κ3) is 5.05. The maximum Gasteiger partial charge on any atom is 0.277 e. The van der Waals surface area contributed by atoms with Crippen LogP contribution in [0.25, 0.3) is 10.6 Å². The first-order chi connectivity index (χ1) is 14.5. The highest BCUT2D eigenvalue weighted by atomic mass is 32.1. The monoisotopic (exact) mass is 419 g/mol. The van der Waals surface area contributed by atoms with Crippen molar-refractivity contribution >= 4 is 22.9 Å². The van der Waals surface area contributed by atoms with E-state index in [0.29, 0.717) is 24.8 Å². The Labute approximate surface area is 181 Å². The smallest absolute Gasteiger partial charge is 0.277 e. The van der Waals surface area contributed by atoms with Gasteiger partial charge in [0.15, 0.2) is 0 Å². The van der Waals surface area contributed by atoms with E-state index in [1.165, 1.54) is 16.9 Å². The van der Waals surface area contributed by atoms with E-state index in [0.717, 1.165) is 22.0 Å². The van der Waals surface area contributed by atoms with Crippen molar-refractivity contribution < 1.29 is 9.53 Å². The molecule has 0 radical (unpaired) electrons. The highest BCUT2D eigenvalue weighted by Crippen LogP contribution is 2.28. The van der Waals surface area contributed by atoms with Crippen LogP contribution in [0, 0.1) is 11.3 Å². The lowest BCUT2D eigenvalue weighted by atomic mass is 10.0. The summed E-state index contributed by atoms with van der Waals surface area (Å²) in [5.74, 6) is 1.00. The number of carbonyl (C=O) groups is 1. The molecule has 0 aliphatic heterocycles. The van der Waals surface area contributed by atoms with Gasteiger partial charge < -0.3 is 9.64 Å². The Kier molecular flexibility index (Phi) is 7.21. The van der Waals surface area contributed by atoms with Gasteiger partial charge in [-0.2, -0.15) is 5.26 Å². The molecule has 0 fully saturated rings. The van der Waals surface area contributed by atoms with E-state index in [9.17, 15) is 4.79 Å². The first-order valence-electron chi connectivity index (χ1n) is 10.0. The van der Waals surface area contributed by atoms with Crippen molar-refractivity contribution in [3.05, 3.63) is 65.2 Å². The molecule has 30 heavy (non-hydrogen) atoms. The van der Waals surface area contributed by atoms with E-state index in [4.69, 9.17) is 10.00 Å². The van der Waals surface area contributed by atoms with Crippen molar-refractivity contribution in [2.24, 2.45) is 0 Å². The van der Waals surface area contributed by atoms with E-state index in [-0.39, 0.29) is 12.3 Å². The van der Waals surface area contributed by atoms with Gasteiger partial charge >= 0.3 is 0 Å². The fraction of sp³-hybridized carbons (Fsp3) is 0.292. The van der Waals surface area contributed by atoms with Gasteiger partial charge in [-0.1, -0.05) is 38.1 Å². The topological polar surface area (TPSA) is 66.2 Å². The van der Waals surface area contributed by atoms with Crippen LogP contribution in [0.3, 0.4) is 0 Å². The molecule has 6 heteroatoms. The maximum atomic E-state index is 13.2. The Bertz CT molecular complexity index is 1020. The molecule has 0 aliphatic rings. The second kappa shape index (κ2) is 10.0. The summed E-state index contributed by atoms with van der Waals surface area (Å²) < 4.78 is 5.48. The first-order valence-corrected chi connectivity index (χ1v) is 10.9. The minimum Gasteiger partial charge on any atom is -0.494 e. The van der Waals surface area contributed by atoms with E-state index in [1.54, 1.807) is 10.3 Å². The van der Waals surface area contributed by atoms with Gasteiger partial charge in [0.25, 0.3) is 5.91 Å². The van der Waals surface area contributed by atoms with Crippen LogP contribution in [0.1, 0.15) is 49.2 Å². The molecule has 1 amide bonds. The third-order valence-corrected chi connectivity index (χ3v) is 5.59. The molecule has 0 N–H and O–H groups in total. The van der Waals surface area contributed by atoms with Gasteiger partial charge in [0, 0.05) is 23.2 Å². The number of hydrogen-bond donors (Lipinski definition) is 0. The van der Waals surface area contributed by atoms with E-state index >= 15 is 0 Å². The Morgan fingerprint density at radius 3 is 2.47 bits per heavy atom. The van der Waals surface area contributed by atoms with Crippen LogP contribution >= 0.6 is 11.3 Å². The number of amides is 1. The second-order valence-corrected chi connectivity index (χ2v) is 7.96. The molecule has 2 aromatic carbocycles. The molecular weight excluding hydrogens is 394 g/mol. The number of rotatable bonds is 8. The molecule has 0 aliphatic carbocycles. The van der Waals surface area contributed by atoms with Crippen molar-refractivity contribution in [1.29, 1.82) is 5.26 Å². The fourth-order valence-corrected chi connectivity index (χ4v) is 3.85. The molecule has 0 spiro atoms. The normalized spacial score (nSPS) is 10.6. The average Bonchev–Trinajstić information content (AvgIpc) is 3.25. The van der Waals surface area contributed by atoms with Crippen molar-refractivity contribution in [2.45, 2.75) is 33.1 Å². The van der Waals surface area contributed by atoms with Crippen LogP contribution in [-0.2, 0) is 0 Å². The lowest BCUT2D eigenvalue weighted by Crippen LogP contribution is -2.32. The molecule has 0 saturated carbocycles. The fourth-order valence-electron chi connectivity index (χ4n) is 3.05.